The fraction of sp³-hybridized carbons (Fsp3) is 1.00. The van der Waals surface area contributed by atoms with Crippen LogP contribution >= 0.6 is 0 Å². The van der Waals surface area contributed by atoms with E-state index in [9.17, 15) is 79.0 Å². The number of halogens is 18. The van der Waals surface area contributed by atoms with E-state index in [0.29, 0.717) is 0 Å². The zero-order chi connectivity index (χ0) is 25.5. The van der Waals surface area contributed by atoms with E-state index in [1.54, 1.807) is 4.74 Å². The zero-order valence-corrected chi connectivity index (χ0v) is 13.1. The van der Waals surface area contributed by atoms with Crippen molar-refractivity contribution in [3.63, 3.8) is 0 Å². The van der Waals surface area contributed by atoms with Gasteiger partial charge in [-0.05, 0) is 0 Å². The van der Waals surface area contributed by atoms with Crippen molar-refractivity contribution in [3.8, 4) is 0 Å². The first-order valence-electron chi connectivity index (χ1n) is 6.22. The van der Waals surface area contributed by atoms with Crippen molar-refractivity contribution in [2.24, 2.45) is 0 Å². The Morgan fingerprint density at radius 1 is 0.419 bits per heavy atom. The first kappa shape index (κ1) is 29.6. The highest BCUT2D eigenvalue weighted by atomic mass is 19.4. The van der Waals surface area contributed by atoms with Crippen molar-refractivity contribution in [1.29, 1.82) is 0 Å². The van der Waals surface area contributed by atoms with E-state index < -0.39 is 55.8 Å². The molecule has 0 radical (unpaired) electrons. The molecular formula is C9H2F18O4. The minimum absolute atomic E-state index is 1.36. The zero-order valence-electron chi connectivity index (χ0n) is 13.1. The van der Waals surface area contributed by atoms with Gasteiger partial charge in [-0.15, -0.1) is 22.0 Å². The maximum absolute atomic E-state index is 13.0. The fourth-order valence-corrected chi connectivity index (χ4v) is 1.10. The Bertz CT molecular complexity index is 612. The van der Waals surface area contributed by atoms with Crippen LogP contribution in [0.15, 0.2) is 0 Å². The van der Waals surface area contributed by atoms with Crippen molar-refractivity contribution < 1.29 is 98.0 Å². The van der Waals surface area contributed by atoms with E-state index in [2.05, 4.69) is 0 Å². The van der Waals surface area contributed by atoms with E-state index in [0.717, 1.165) is 0 Å². The van der Waals surface area contributed by atoms with Gasteiger partial charge < -0.3 is 0 Å². The highest BCUT2D eigenvalue weighted by molar-refractivity contribution is 4.87. The molecule has 0 unspecified atom stereocenters. The highest BCUT2D eigenvalue weighted by Crippen LogP contribution is 2.52. The summed E-state index contributed by atoms with van der Waals surface area (Å²) in [6, 6.07) is 0. The van der Waals surface area contributed by atoms with E-state index in [-0.39, 0.29) is 0 Å². The quantitative estimate of drug-likeness (QED) is 0.261. The molecule has 0 aromatic carbocycles. The molecule has 0 fully saturated rings. The monoisotopic (exact) mass is 516 g/mol. The normalized spacial score (nSPS) is 16.1. The number of alkyl halides is 18. The van der Waals surface area contributed by atoms with Crippen LogP contribution in [0.4, 0.5) is 79.0 Å². The lowest BCUT2D eigenvalue weighted by Gasteiger charge is -2.35. The molecule has 31 heavy (non-hydrogen) atoms. The molecule has 188 valence electrons. The molecule has 0 rings (SSSR count). The summed E-state index contributed by atoms with van der Waals surface area (Å²) in [5.41, 5.74) is 0. The topological polar surface area (TPSA) is 36.9 Å². The van der Waals surface area contributed by atoms with Gasteiger partial charge in [0.25, 0.3) is 0 Å². The third-order valence-corrected chi connectivity index (χ3v) is 2.24. The summed E-state index contributed by atoms with van der Waals surface area (Å²) < 4.78 is 230. The average Bonchev–Trinajstić information content (AvgIpc) is 2.40. The predicted molar refractivity (Wildman–Crippen MR) is 51.0 cm³/mol. The van der Waals surface area contributed by atoms with Crippen LogP contribution in [0.2, 0.25) is 0 Å². The minimum atomic E-state index is -7.72. The van der Waals surface area contributed by atoms with Gasteiger partial charge in [0.2, 0.25) is 0 Å². The van der Waals surface area contributed by atoms with Gasteiger partial charge in [-0.2, -0.15) is 52.7 Å². The minimum Gasteiger partial charge on any atom is -0.248 e. The lowest BCUT2D eigenvalue weighted by atomic mass is 10.3. The Morgan fingerprint density at radius 3 is 1.10 bits per heavy atom. The third kappa shape index (κ3) is 7.30. The Labute approximate surface area is 155 Å². The molecule has 22 heteroatoms. The van der Waals surface area contributed by atoms with E-state index in [1.165, 1.54) is 14.2 Å². The Balaban J connectivity index is 5.77. The number of hydrogen-bond acceptors (Lipinski definition) is 4. The van der Waals surface area contributed by atoms with Gasteiger partial charge >= 0.3 is 49.1 Å². The van der Waals surface area contributed by atoms with Gasteiger partial charge in [0.15, 0.2) is 6.67 Å². The van der Waals surface area contributed by atoms with Crippen LogP contribution in [0.25, 0.3) is 0 Å². The molecule has 0 aliphatic carbocycles. The molecule has 0 N–H and O–H groups in total. The Kier molecular flexibility index (Phi) is 7.80. The van der Waals surface area contributed by atoms with Crippen molar-refractivity contribution >= 4 is 0 Å². The maximum atomic E-state index is 13.0. The second-order valence-corrected chi connectivity index (χ2v) is 4.73. The molecule has 0 saturated heterocycles. The Morgan fingerprint density at radius 2 is 0.742 bits per heavy atom. The third-order valence-electron chi connectivity index (χ3n) is 2.24. The number of hydrogen-bond donors (Lipinski definition) is 0. The standard InChI is InChI=1S/C9H2F18O4/c10-1-2(11,12)28-4(15,16)3(13,14)5(17,18)30-9(26,27)31-7(21,22)6(19,20)29-8(23,24)25/h1H2. The lowest BCUT2D eigenvalue weighted by Crippen LogP contribution is -2.61. The van der Waals surface area contributed by atoms with E-state index in [1.807, 2.05) is 0 Å². The molecule has 0 atom stereocenters. The van der Waals surface area contributed by atoms with Crippen LogP contribution in [0.3, 0.4) is 0 Å². The lowest BCUT2D eigenvalue weighted by molar-refractivity contribution is -0.589. The van der Waals surface area contributed by atoms with Crippen LogP contribution in [0.1, 0.15) is 0 Å². The van der Waals surface area contributed by atoms with Crippen molar-refractivity contribution in [1.82, 2.24) is 0 Å². The molecule has 0 amide bonds. The van der Waals surface area contributed by atoms with Gasteiger partial charge in [0.1, 0.15) is 0 Å². The molecule has 0 saturated carbocycles. The van der Waals surface area contributed by atoms with E-state index >= 15 is 0 Å². The van der Waals surface area contributed by atoms with Crippen molar-refractivity contribution in [2.45, 2.75) is 49.1 Å². The fourth-order valence-electron chi connectivity index (χ4n) is 1.10. The summed E-state index contributed by atoms with van der Waals surface area (Å²) in [7, 11) is 0. The molecule has 4 nitrogen and oxygen atoms in total. The van der Waals surface area contributed by atoms with Crippen molar-refractivity contribution in [2.75, 3.05) is 6.67 Å². The molecule has 0 aromatic rings. The van der Waals surface area contributed by atoms with Crippen LogP contribution in [0, 0.1) is 0 Å². The molecule has 0 aliphatic rings. The van der Waals surface area contributed by atoms with Gasteiger partial charge in [0.05, 0.1) is 0 Å². The van der Waals surface area contributed by atoms with E-state index in [4.69, 9.17) is 0 Å². The molecule has 0 aliphatic heterocycles. The smallest absolute Gasteiger partial charge is 0.248 e. The molecule has 0 heterocycles. The largest absolute Gasteiger partial charge is 0.527 e. The molecule has 0 spiro atoms. The summed E-state index contributed by atoms with van der Waals surface area (Å²) in [6.45, 7) is -3.37. The first-order valence-corrected chi connectivity index (χ1v) is 6.22. The molecule has 0 bridgehead atoms. The van der Waals surface area contributed by atoms with Crippen molar-refractivity contribution in [3.05, 3.63) is 0 Å². The van der Waals surface area contributed by atoms with Gasteiger partial charge in [-0.3, -0.25) is 0 Å². The summed E-state index contributed by atoms with van der Waals surface area (Å²) in [6.07, 6.45) is -49.4. The average molecular weight is 516 g/mol. The molecular weight excluding hydrogens is 514 g/mol. The van der Waals surface area contributed by atoms with Crippen LogP contribution in [-0.2, 0) is 18.9 Å². The number of ether oxygens (including phenoxy) is 4. The number of rotatable bonds is 11. The molecule has 0 aromatic heterocycles. The van der Waals surface area contributed by atoms with Gasteiger partial charge in [-0.1, -0.05) is 0 Å². The van der Waals surface area contributed by atoms with Crippen LogP contribution < -0.4 is 0 Å². The van der Waals surface area contributed by atoms with Gasteiger partial charge in [0, 0.05) is 0 Å². The van der Waals surface area contributed by atoms with Gasteiger partial charge in [-0.25, -0.2) is 23.3 Å². The first-order chi connectivity index (χ1) is 13.1. The Hall–Kier alpha value is -1.42. The highest BCUT2D eigenvalue weighted by Gasteiger charge is 2.79. The summed E-state index contributed by atoms with van der Waals surface area (Å²) in [5, 5.41) is 0. The summed E-state index contributed by atoms with van der Waals surface area (Å²) >= 11 is 0. The van der Waals surface area contributed by atoms with Crippen LogP contribution in [0.5, 0.6) is 0 Å². The summed E-state index contributed by atoms with van der Waals surface area (Å²) in [4.78, 5) is 0. The van der Waals surface area contributed by atoms with Crippen LogP contribution in [-0.4, -0.2) is 55.8 Å². The second-order valence-electron chi connectivity index (χ2n) is 4.73. The second kappa shape index (κ2) is 8.17. The maximum Gasteiger partial charge on any atom is 0.527 e. The predicted octanol–water partition coefficient (Wildman–Crippen LogP) is 5.69. The summed E-state index contributed by atoms with van der Waals surface area (Å²) in [5.74, 6) is -7.72. The SMILES string of the molecule is FCC(F)(F)OC(F)(F)C(F)(F)C(F)(F)OC(F)(F)OC(F)(F)C(F)(F)OC(F)(F)F.